The minimum Gasteiger partial charge on any atom is -0.383 e. The highest BCUT2D eigenvalue weighted by Crippen LogP contribution is 2.20. The molecule has 0 aliphatic carbocycles. The summed E-state index contributed by atoms with van der Waals surface area (Å²) in [5, 5.41) is 24.7. The molecule has 6 heteroatoms. The highest BCUT2D eigenvalue weighted by atomic mass is 16.3. The van der Waals surface area contributed by atoms with Crippen molar-refractivity contribution in [3.63, 3.8) is 0 Å². The summed E-state index contributed by atoms with van der Waals surface area (Å²) in [4.78, 5) is 22.9. The topological polar surface area (TPSA) is 98.7 Å². The van der Waals surface area contributed by atoms with Crippen molar-refractivity contribution in [1.82, 2.24) is 10.6 Å². The van der Waals surface area contributed by atoms with Crippen LogP contribution in [-0.4, -0.2) is 45.3 Å². The molecule has 0 aliphatic heterocycles. The summed E-state index contributed by atoms with van der Waals surface area (Å²) in [5.41, 5.74) is -1.39. The normalized spacial score (nSPS) is 13.7. The van der Waals surface area contributed by atoms with Crippen molar-refractivity contribution in [3.05, 3.63) is 0 Å². The number of nitrogens with one attached hydrogen (secondary N) is 2. The second-order valence-electron chi connectivity index (χ2n) is 11.0. The highest BCUT2D eigenvalue weighted by Gasteiger charge is 2.31. The third kappa shape index (κ3) is 19.9. The summed E-state index contributed by atoms with van der Waals surface area (Å²) in [7, 11) is 0. The predicted molar refractivity (Wildman–Crippen MR) is 127 cm³/mol. The van der Waals surface area contributed by atoms with Gasteiger partial charge < -0.3 is 20.8 Å². The maximum Gasteiger partial charge on any atom is 0.249 e. The van der Waals surface area contributed by atoms with E-state index in [9.17, 15) is 19.8 Å². The van der Waals surface area contributed by atoms with Crippen molar-refractivity contribution in [3.8, 4) is 0 Å². The standard InChI is InChI=1S/2C10H21NO2.3CH4/c2*1-9(2,3)7(12)8(13)11-10(4,5)6;;;/h2*7,12H,1-6H3,(H,11,13);3*1H4. The molecule has 0 aromatic heterocycles. The fourth-order valence-electron chi connectivity index (χ4n) is 1.66. The zero-order valence-corrected chi connectivity index (χ0v) is 18.9. The first-order valence-corrected chi connectivity index (χ1v) is 9.08. The van der Waals surface area contributed by atoms with Gasteiger partial charge in [-0.1, -0.05) is 63.8 Å². The van der Waals surface area contributed by atoms with Gasteiger partial charge in [0.2, 0.25) is 11.8 Å². The van der Waals surface area contributed by atoms with E-state index in [4.69, 9.17) is 0 Å². The van der Waals surface area contributed by atoms with Crippen molar-refractivity contribution in [1.29, 1.82) is 0 Å². The van der Waals surface area contributed by atoms with Gasteiger partial charge in [-0.3, -0.25) is 9.59 Å². The van der Waals surface area contributed by atoms with Gasteiger partial charge in [0, 0.05) is 11.1 Å². The van der Waals surface area contributed by atoms with Crippen molar-refractivity contribution in [2.45, 2.75) is 129 Å². The smallest absolute Gasteiger partial charge is 0.249 e. The van der Waals surface area contributed by atoms with Crippen LogP contribution in [0, 0.1) is 10.8 Å². The average Bonchev–Trinajstić information content (AvgIpc) is 2.31. The number of aliphatic hydroxyl groups is 2. The van der Waals surface area contributed by atoms with Crippen molar-refractivity contribution in [2.75, 3.05) is 0 Å². The quantitative estimate of drug-likeness (QED) is 0.525. The number of amides is 2. The third-order valence-corrected chi connectivity index (χ3v) is 3.13. The Balaban J connectivity index is -0.000000120. The Kier molecular flexibility index (Phi) is 17.5. The molecular weight excluding hydrogens is 368 g/mol. The summed E-state index contributed by atoms with van der Waals surface area (Å²) in [5.74, 6) is -0.611. The molecule has 180 valence electrons. The minimum atomic E-state index is -0.952. The van der Waals surface area contributed by atoms with Gasteiger partial charge in [0.15, 0.2) is 0 Å². The van der Waals surface area contributed by atoms with Crippen LogP contribution in [-0.2, 0) is 9.59 Å². The van der Waals surface area contributed by atoms with Gasteiger partial charge in [-0.2, -0.15) is 0 Å². The monoisotopic (exact) mass is 422 g/mol. The number of carbonyl (C=O) groups excluding carboxylic acids is 2. The molecule has 0 radical (unpaired) electrons. The molecule has 29 heavy (non-hydrogen) atoms. The number of rotatable bonds is 2. The molecule has 0 aliphatic rings. The minimum absolute atomic E-state index is 0. The van der Waals surface area contributed by atoms with Crippen molar-refractivity contribution >= 4 is 11.8 Å². The van der Waals surface area contributed by atoms with Crippen LogP contribution < -0.4 is 10.6 Å². The number of hydrogen-bond donors (Lipinski definition) is 4. The van der Waals surface area contributed by atoms with E-state index in [0.29, 0.717) is 0 Å². The molecule has 0 aromatic carbocycles. The van der Waals surface area contributed by atoms with Crippen LogP contribution in [0.2, 0.25) is 0 Å². The zero-order valence-electron chi connectivity index (χ0n) is 18.9. The molecule has 0 saturated heterocycles. The van der Waals surface area contributed by atoms with Gasteiger partial charge in [0.05, 0.1) is 0 Å². The van der Waals surface area contributed by atoms with E-state index >= 15 is 0 Å². The Labute approximate surface area is 182 Å². The maximum absolute atomic E-state index is 11.4. The zero-order chi connectivity index (χ0) is 21.7. The Morgan fingerprint density at radius 1 is 0.552 bits per heavy atom. The van der Waals surface area contributed by atoms with Crippen LogP contribution in [0.4, 0.5) is 0 Å². The van der Waals surface area contributed by atoms with E-state index in [1.807, 2.05) is 83.1 Å². The first-order chi connectivity index (χ1) is 11.1. The first kappa shape index (κ1) is 38.5. The van der Waals surface area contributed by atoms with Crippen molar-refractivity contribution < 1.29 is 19.8 Å². The second-order valence-corrected chi connectivity index (χ2v) is 11.0. The summed E-state index contributed by atoms with van der Waals surface area (Å²) >= 11 is 0. The van der Waals surface area contributed by atoms with E-state index < -0.39 is 23.0 Å². The fourth-order valence-corrected chi connectivity index (χ4v) is 1.66. The third-order valence-electron chi connectivity index (χ3n) is 3.13. The molecule has 0 fully saturated rings. The van der Waals surface area contributed by atoms with E-state index in [0.717, 1.165) is 0 Å². The second kappa shape index (κ2) is 13.2. The Hall–Kier alpha value is -1.14. The lowest BCUT2D eigenvalue weighted by Gasteiger charge is -2.29. The van der Waals surface area contributed by atoms with Gasteiger partial charge in [-0.25, -0.2) is 0 Å². The molecule has 0 bridgehead atoms. The maximum atomic E-state index is 11.4. The molecule has 6 nitrogen and oxygen atoms in total. The van der Waals surface area contributed by atoms with Crippen LogP contribution in [0.3, 0.4) is 0 Å². The van der Waals surface area contributed by atoms with Crippen LogP contribution in [0.25, 0.3) is 0 Å². The van der Waals surface area contributed by atoms with Gasteiger partial charge in [0.1, 0.15) is 12.2 Å². The van der Waals surface area contributed by atoms with E-state index in [1.165, 1.54) is 0 Å². The van der Waals surface area contributed by atoms with E-state index in [1.54, 1.807) is 0 Å². The molecule has 2 atom stereocenters. The van der Waals surface area contributed by atoms with Crippen LogP contribution >= 0.6 is 0 Å². The Morgan fingerprint density at radius 3 is 0.828 bits per heavy atom. The fraction of sp³-hybridized carbons (Fsp3) is 0.913. The van der Waals surface area contributed by atoms with Crippen LogP contribution in [0.5, 0.6) is 0 Å². The number of aliphatic hydroxyl groups excluding tert-OH is 2. The SMILES string of the molecule is C.C.C.CC(C)(C)NC(=O)C(O)C(C)(C)C.CC(C)(C)NC(=O)C(O)C(C)(C)C. The number of hydrogen-bond acceptors (Lipinski definition) is 4. The van der Waals surface area contributed by atoms with E-state index in [2.05, 4.69) is 10.6 Å². The summed E-state index contributed by atoms with van der Waals surface area (Å²) in [6.45, 7) is 22.3. The summed E-state index contributed by atoms with van der Waals surface area (Å²) < 4.78 is 0. The highest BCUT2D eigenvalue weighted by molar-refractivity contribution is 5.82. The largest absolute Gasteiger partial charge is 0.383 e. The van der Waals surface area contributed by atoms with Gasteiger partial charge in [-0.15, -0.1) is 0 Å². The molecule has 2 unspecified atom stereocenters. The Morgan fingerprint density at radius 2 is 0.724 bits per heavy atom. The molecular formula is C23H54N2O4. The van der Waals surface area contributed by atoms with Gasteiger partial charge in [0.25, 0.3) is 0 Å². The predicted octanol–water partition coefficient (Wildman–Crippen LogP) is 4.52. The molecule has 0 aromatic rings. The Bertz CT molecular complexity index is 417. The molecule has 4 N–H and O–H groups in total. The summed E-state index contributed by atoms with van der Waals surface area (Å²) in [6.07, 6.45) is -1.90. The van der Waals surface area contributed by atoms with Crippen LogP contribution in [0.1, 0.15) is 105 Å². The molecule has 0 spiro atoms. The number of carbonyl (C=O) groups is 2. The van der Waals surface area contributed by atoms with Gasteiger partial charge in [-0.05, 0) is 52.4 Å². The lowest BCUT2D eigenvalue weighted by Crippen LogP contribution is -2.49. The van der Waals surface area contributed by atoms with Crippen LogP contribution in [0.15, 0.2) is 0 Å². The van der Waals surface area contributed by atoms with E-state index in [-0.39, 0.29) is 45.2 Å². The first-order valence-electron chi connectivity index (χ1n) is 9.08. The average molecular weight is 423 g/mol. The molecule has 0 rings (SSSR count). The molecule has 0 saturated carbocycles. The lowest BCUT2D eigenvalue weighted by atomic mass is 9.88. The van der Waals surface area contributed by atoms with Gasteiger partial charge >= 0.3 is 0 Å². The molecule has 2 amide bonds. The molecule has 0 heterocycles. The lowest BCUT2D eigenvalue weighted by molar-refractivity contribution is -0.136. The summed E-state index contributed by atoms with van der Waals surface area (Å²) in [6, 6.07) is 0. The van der Waals surface area contributed by atoms with Crippen molar-refractivity contribution in [2.24, 2.45) is 10.8 Å².